The Morgan fingerprint density at radius 3 is 2.62 bits per heavy atom. The largest absolute Gasteiger partial charge is 0.337 e. The maximum Gasteiger partial charge on any atom is 0.223 e. The molecule has 1 saturated heterocycles. The number of anilines is 1. The Morgan fingerprint density at radius 1 is 1.19 bits per heavy atom. The van der Waals surface area contributed by atoms with Crippen molar-refractivity contribution < 1.29 is 8.42 Å². The van der Waals surface area contributed by atoms with E-state index in [4.69, 9.17) is 0 Å². The molecule has 1 aromatic heterocycles. The number of rotatable bonds is 7. The second-order valence-electron chi connectivity index (χ2n) is 6.78. The van der Waals surface area contributed by atoms with Gasteiger partial charge in [-0.05, 0) is 56.8 Å². The Hall–Kier alpha value is -1.99. The summed E-state index contributed by atoms with van der Waals surface area (Å²) >= 11 is 0. The molecule has 6 nitrogen and oxygen atoms in total. The standard InChI is InChI=1S/C19H26N4O2S/c1-15-7-13-21-19(22-15)23-18(17-8-11-20-12-9-17)26(24,25)14-10-16-5-3-2-4-6-16/h2-7,13,17-18,20H,8-12,14H2,1H3,(H,21,22,23). The molecule has 3 rings (SSSR count). The van der Waals surface area contributed by atoms with E-state index in [1.165, 1.54) is 0 Å². The van der Waals surface area contributed by atoms with Crippen LogP contribution >= 0.6 is 0 Å². The molecule has 7 heteroatoms. The maximum absolute atomic E-state index is 13.2. The third kappa shape index (κ3) is 5.02. The number of aromatic nitrogens is 2. The number of hydrogen-bond acceptors (Lipinski definition) is 6. The smallest absolute Gasteiger partial charge is 0.223 e. The number of benzene rings is 1. The monoisotopic (exact) mass is 374 g/mol. The van der Waals surface area contributed by atoms with Crippen LogP contribution in [0.15, 0.2) is 42.6 Å². The average molecular weight is 375 g/mol. The van der Waals surface area contributed by atoms with Gasteiger partial charge in [0.15, 0.2) is 9.84 Å². The minimum atomic E-state index is -3.35. The molecule has 0 radical (unpaired) electrons. The van der Waals surface area contributed by atoms with Gasteiger partial charge in [-0.3, -0.25) is 0 Å². The zero-order chi connectivity index (χ0) is 18.4. The predicted octanol–water partition coefficient (Wildman–Crippen LogP) is 2.18. The summed E-state index contributed by atoms with van der Waals surface area (Å²) < 4.78 is 26.3. The maximum atomic E-state index is 13.2. The van der Waals surface area contributed by atoms with Gasteiger partial charge in [0.1, 0.15) is 5.37 Å². The number of piperidine rings is 1. The fourth-order valence-corrected chi connectivity index (χ4v) is 5.24. The van der Waals surface area contributed by atoms with Crippen LogP contribution in [0.4, 0.5) is 5.95 Å². The van der Waals surface area contributed by atoms with Crippen LogP contribution in [0.3, 0.4) is 0 Å². The van der Waals surface area contributed by atoms with Crippen LogP contribution in [0, 0.1) is 12.8 Å². The van der Waals surface area contributed by atoms with E-state index in [1.807, 2.05) is 37.3 Å². The van der Waals surface area contributed by atoms with Crippen molar-refractivity contribution in [3.8, 4) is 0 Å². The highest BCUT2D eigenvalue weighted by Crippen LogP contribution is 2.24. The van der Waals surface area contributed by atoms with E-state index in [1.54, 1.807) is 12.3 Å². The topological polar surface area (TPSA) is 84.0 Å². The first kappa shape index (κ1) is 18.8. The molecule has 0 aliphatic carbocycles. The molecule has 0 amide bonds. The van der Waals surface area contributed by atoms with Gasteiger partial charge in [0.05, 0.1) is 5.75 Å². The Kier molecular flexibility index (Phi) is 6.21. The van der Waals surface area contributed by atoms with Crippen LogP contribution in [0.5, 0.6) is 0 Å². The Labute approximate surface area is 155 Å². The molecule has 2 heterocycles. The van der Waals surface area contributed by atoms with Crippen LogP contribution < -0.4 is 10.6 Å². The highest BCUT2D eigenvalue weighted by atomic mass is 32.2. The van der Waals surface area contributed by atoms with Crippen LogP contribution in [-0.2, 0) is 16.3 Å². The minimum Gasteiger partial charge on any atom is -0.337 e. The highest BCUT2D eigenvalue weighted by Gasteiger charge is 2.34. The average Bonchev–Trinajstić information content (AvgIpc) is 2.66. The van der Waals surface area contributed by atoms with E-state index in [0.717, 1.165) is 37.2 Å². The summed E-state index contributed by atoms with van der Waals surface area (Å²) in [5, 5.41) is 5.77. The number of sulfone groups is 1. The summed E-state index contributed by atoms with van der Waals surface area (Å²) in [5.74, 6) is 0.558. The normalized spacial score (nSPS) is 17.0. The van der Waals surface area contributed by atoms with Crippen molar-refractivity contribution in [1.29, 1.82) is 0 Å². The van der Waals surface area contributed by atoms with Gasteiger partial charge in [-0.1, -0.05) is 30.3 Å². The minimum absolute atomic E-state index is 0.0566. The SMILES string of the molecule is Cc1ccnc(NC(C2CCNCC2)S(=O)(=O)CCc2ccccc2)n1. The summed E-state index contributed by atoms with van der Waals surface area (Å²) in [6.07, 6.45) is 3.82. The van der Waals surface area contributed by atoms with E-state index in [-0.39, 0.29) is 11.7 Å². The van der Waals surface area contributed by atoms with Crippen molar-refractivity contribution in [1.82, 2.24) is 15.3 Å². The zero-order valence-electron chi connectivity index (χ0n) is 15.1. The van der Waals surface area contributed by atoms with Gasteiger partial charge >= 0.3 is 0 Å². The van der Waals surface area contributed by atoms with E-state index in [0.29, 0.717) is 12.4 Å². The van der Waals surface area contributed by atoms with Crippen molar-refractivity contribution in [3.05, 3.63) is 53.9 Å². The summed E-state index contributed by atoms with van der Waals surface area (Å²) in [4.78, 5) is 8.54. The fourth-order valence-electron chi connectivity index (χ4n) is 3.33. The number of nitrogens with zero attached hydrogens (tertiary/aromatic N) is 2. The molecule has 1 unspecified atom stereocenters. The Morgan fingerprint density at radius 2 is 1.92 bits per heavy atom. The van der Waals surface area contributed by atoms with Gasteiger partial charge in [0, 0.05) is 11.9 Å². The van der Waals surface area contributed by atoms with Gasteiger partial charge in [-0.25, -0.2) is 18.4 Å². The van der Waals surface area contributed by atoms with E-state index >= 15 is 0 Å². The molecule has 2 N–H and O–H groups in total. The van der Waals surface area contributed by atoms with Gasteiger partial charge in [0.2, 0.25) is 5.95 Å². The van der Waals surface area contributed by atoms with Crippen LogP contribution in [0.1, 0.15) is 24.1 Å². The second kappa shape index (κ2) is 8.60. The molecule has 0 bridgehead atoms. The number of hydrogen-bond donors (Lipinski definition) is 2. The van der Waals surface area contributed by atoms with E-state index < -0.39 is 15.2 Å². The Bertz CT molecular complexity index is 805. The van der Waals surface area contributed by atoms with Gasteiger partial charge < -0.3 is 10.6 Å². The summed E-state index contributed by atoms with van der Waals surface area (Å²) in [6.45, 7) is 3.55. The highest BCUT2D eigenvalue weighted by molar-refractivity contribution is 7.92. The first-order chi connectivity index (χ1) is 12.5. The molecule has 2 aromatic rings. The summed E-state index contributed by atoms with van der Waals surface area (Å²) in [7, 11) is -3.35. The first-order valence-electron chi connectivity index (χ1n) is 9.07. The van der Waals surface area contributed by atoms with Gasteiger partial charge in [-0.2, -0.15) is 0 Å². The van der Waals surface area contributed by atoms with Crippen molar-refractivity contribution >= 4 is 15.8 Å². The van der Waals surface area contributed by atoms with Crippen molar-refractivity contribution in [2.75, 3.05) is 24.2 Å². The summed E-state index contributed by atoms with van der Waals surface area (Å²) in [5.41, 5.74) is 1.85. The van der Waals surface area contributed by atoms with Crippen molar-refractivity contribution in [2.24, 2.45) is 5.92 Å². The quantitative estimate of drug-likeness (QED) is 0.773. The Balaban J connectivity index is 1.78. The lowest BCUT2D eigenvalue weighted by molar-refractivity contribution is 0.366. The molecule has 1 aliphatic rings. The molecule has 1 fully saturated rings. The molecule has 1 aromatic carbocycles. The van der Waals surface area contributed by atoms with Crippen molar-refractivity contribution in [3.63, 3.8) is 0 Å². The second-order valence-corrected chi connectivity index (χ2v) is 9.02. The molecule has 26 heavy (non-hydrogen) atoms. The van der Waals surface area contributed by atoms with Crippen molar-refractivity contribution in [2.45, 2.75) is 31.6 Å². The number of aryl methyl sites for hydroxylation is 2. The number of nitrogens with one attached hydrogen (secondary N) is 2. The van der Waals surface area contributed by atoms with Crippen LogP contribution in [-0.4, -0.2) is 42.6 Å². The molecule has 1 aliphatic heterocycles. The van der Waals surface area contributed by atoms with Gasteiger partial charge in [-0.15, -0.1) is 0 Å². The summed E-state index contributed by atoms with van der Waals surface area (Å²) in [6, 6.07) is 11.5. The van der Waals surface area contributed by atoms with E-state index in [9.17, 15) is 8.42 Å². The van der Waals surface area contributed by atoms with E-state index in [2.05, 4.69) is 20.6 Å². The first-order valence-corrected chi connectivity index (χ1v) is 10.8. The molecular formula is C19H26N4O2S. The zero-order valence-corrected chi connectivity index (χ0v) is 15.9. The molecule has 140 valence electrons. The molecule has 0 spiro atoms. The molecular weight excluding hydrogens is 348 g/mol. The third-order valence-electron chi connectivity index (χ3n) is 4.78. The predicted molar refractivity (Wildman–Crippen MR) is 104 cm³/mol. The fraction of sp³-hybridized carbons (Fsp3) is 0.474. The lowest BCUT2D eigenvalue weighted by atomic mass is 9.98. The third-order valence-corrected chi connectivity index (χ3v) is 6.83. The lowest BCUT2D eigenvalue weighted by Gasteiger charge is -2.31. The molecule has 1 atom stereocenters. The molecule has 0 saturated carbocycles. The van der Waals surface area contributed by atoms with Gasteiger partial charge in [0.25, 0.3) is 0 Å². The lowest BCUT2D eigenvalue weighted by Crippen LogP contribution is -2.44. The van der Waals surface area contributed by atoms with Crippen LogP contribution in [0.25, 0.3) is 0 Å². The van der Waals surface area contributed by atoms with Crippen LogP contribution in [0.2, 0.25) is 0 Å².